The Labute approximate surface area is 417 Å². The molecule has 6 aromatic heterocycles. The first kappa shape index (κ1) is 45.5. The average Bonchev–Trinajstić information content (AvgIpc) is 4.04. The molecule has 3 nitrogen and oxygen atoms in total. The number of aromatic nitrogens is 3. The molecule has 12 rings (SSSR count). The molecule has 0 saturated carbocycles. The van der Waals surface area contributed by atoms with Gasteiger partial charge in [0.05, 0.1) is 0 Å². The molecule has 0 aliphatic rings. The van der Waals surface area contributed by atoms with Crippen LogP contribution in [-0.2, 0) is 20.1 Å². The molecular weight excluding hydrogens is 1050 g/mol. The monoisotopic (exact) mass is 1100 g/mol. The number of thiophene rings is 3. The summed E-state index contributed by atoms with van der Waals surface area (Å²) in [6, 6.07) is 64.1. The van der Waals surface area contributed by atoms with Gasteiger partial charge in [0.2, 0.25) is 0 Å². The molecule has 1 radical (unpaired) electrons. The van der Waals surface area contributed by atoms with Gasteiger partial charge in [-0.3, -0.25) is 15.0 Å². The van der Waals surface area contributed by atoms with Crippen LogP contribution < -0.4 is 0 Å². The van der Waals surface area contributed by atoms with Crippen molar-refractivity contribution in [2.75, 3.05) is 0 Å². The summed E-state index contributed by atoms with van der Waals surface area (Å²) < 4.78 is 4.02. The molecular formula is C60H45IrN3S3. The molecule has 0 N–H and O–H groups in total. The smallest absolute Gasteiger partial charge is 0.0358 e. The maximum Gasteiger partial charge on any atom is 0.0358 e. The van der Waals surface area contributed by atoms with E-state index in [9.17, 15) is 0 Å². The molecule has 7 heteroatoms. The third-order valence-corrected chi connectivity index (χ3v) is 15.0. The molecule has 0 aliphatic carbocycles. The van der Waals surface area contributed by atoms with E-state index in [0.29, 0.717) is 0 Å². The minimum absolute atomic E-state index is 0. The molecule has 67 heavy (non-hydrogen) atoms. The van der Waals surface area contributed by atoms with Gasteiger partial charge in [0.25, 0.3) is 0 Å². The second-order valence-electron chi connectivity index (χ2n) is 15.9. The Morgan fingerprint density at radius 1 is 0.269 bits per heavy atom. The Kier molecular flexibility index (Phi) is 14.2. The third-order valence-electron chi connectivity index (χ3n) is 11.8. The summed E-state index contributed by atoms with van der Waals surface area (Å²) in [5.74, 6) is 0. The van der Waals surface area contributed by atoms with Gasteiger partial charge < -0.3 is 0 Å². The predicted octanol–water partition coefficient (Wildman–Crippen LogP) is 17.8. The van der Waals surface area contributed by atoms with Crippen LogP contribution in [0.25, 0.3) is 97.0 Å². The van der Waals surface area contributed by atoms with Crippen molar-refractivity contribution in [1.29, 1.82) is 0 Å². The number of benzene rings is 6. The van der Waals surface area contributed by atoms with Crippen LogP contribution in [0.2, 0.25) is 0 Å². The summed E-state index contributed by atoms with van der Waals surface area (Å²) in [5, 5.41) is 4.05. The molecule has 0 saturated heterocycles. The number of hydrogen-bond donors (Lipinski definition) is 0. The van der Waals surface area contributed by atoms with Crippen molar-refractivity contribution < 1.29 is 20.1 Å². The van der Waals surface area contributed by atoms with Gasteiger partial charge >= 0.3 is 0 Å². The van der Waals surface area contributed by atoms with Crippen LogP contribution in [0.4, 0.5) is 0 Å². The van der Waals surface area contributed by atoms with E-state index in [1.165, 1.54) is 112 Å². The van der Waals surface area contributed by atoms with E-state index in [1.807, 2.05) is 71.2 Å². The maximum absolute atomic E-state index is 4.14. The fourth-order valence-corrected chi connectivity index (χ4v) is 12.3. The molecule has 0 fully saturated rings. The second kappa shape index (κ2) is 20.9. The Balaban J connectivity index is 0.000000125. The average molecular weight is 1100 g/mol. The minimum Gasteiger partial charge on any atom is -0.265 e. The number of aryl methyl sites for hydroxylation is 3. The van der Waals surface area contributed by atoms with Gasteiger partial charge in [-0.05, 0) is 125 Å². The topological polar surface area (TPSA) is 38.7 Å². The standard InChI is InChI=1S/3C20H15NS.Ir/c3*1-14-19(16-6-3-2-4-7-16)20-17(8-5-9-18(20)22-14)15-10-12-21-13-11-15;/h3*2-13H,1H3;. The van der Waals surface area contributed by atoms with Gasteiger partial charge in [0.15, 0.2) is 0 Å². The first-order chi connectivity index (χ1) is 32.5. The van der Waals surface area contributed by atoms with Crippen molar-refractivity contribution in [1.82, 2.24) is 15.0 Å². The van der Waals surface area contributed by atoms with E-state index < -0.39 is 0 Å². The zero-order chi connectivity index (χ0) is 44.8. The molecule has 0 amide bonds. The molecule has 6 heterocycles. The molecule has 0 unspecified atom stereocenters. The van der Waals surface area contributed by atoms with Crippen molar-refractivity contribution in [2.45, 2.75) is 20.8 Å². The van der Waals surface area contributed by atoms with Gasteiger partial charge in [0, 0.05) is 119 Å². The molecule has 6 aromatic carbocycles. The van der Waals surface area contributed by atoms with Gasteiger partial charge in [-0.25, -0.2) is 0 Å². The van der Waals surface area contributed by atoms with Crippen LogP contribution >= 0.6 is 34.0 Å². The van der Waals surface area contributed by atoms with Gasteiger partial charge in [-0.15, -0.1) is 34.0 Å². The third kappa shape index (κ3) is 9.48. The molecule has 12 aromatic rings. The van der Waals surface area contributed by atoms with Crippen LogP contribution in [0.1, 0.15) is 14.6 Å². The second-order valence-corrected chi connectivity index (χ2v) is 19.7. The van der Waals surface area contributed by atoms with Gasteiger partial charge in [-0.2, -0.15) is 0 Å². The first-order valence-electron chi connectivity index (χ1n) is 22.0. The Morgan fingerprint density at radius 2 is 0.522 bits per heavy atom. The first-order valence-corrected chi connectivity index (χ1v) is 24.4. The van der Waals surface area contributed by atoms with E-state index >= 15 is 0 Å². The zero-order valence-electron chi connectivity index (χ0n) is 37.2. The summed E-state index contributed by atoms with van der Waals surface area (Å²) >= 11 is 5.60. The maximum atomic E-state index is 4.14. The molecule has 327 valence electrons. The summed E-state index contributed by atoms with van der Waals surface area (Å²) in [7, 11) is 0. The Morgan fingerprint density at radius 3 is 0.776 bits per heavy atom. The molecule has 0 bridgehead atoms. The Hall–Kier alpha value is -6.70. The fourth-order valence-electron chi connectivity index (χ4n) is 8.97. The van der Waals surface area contributed by atoms with Crippen LogP contribution in [0, 0.1) is 20.8 Å². The molecule has 0 spiro atoms. The van der Waals surface area contributed by atoms with Crippen molar-refractivity contribution in [3.63, 3.8) is 0 Å². The van der Waals surface area contributed by atoms with Crippen LogP contribution in [0.5, 0.6) is 0 Å². The normalized spacial score (nSPS) is 10.8. The molecule has 0 atom stereocenters. The molecule has 0 aliphatic heterocycles. The van der Waals surface area contributed by atoms with Gasteiger partial charge in [-0.1, -0.05) is 127 Å². The summed E-state index contributed by atoms with van der Waals surface area (Å²) in [5.41, 5.74) is 15.4. The SMILES string of the molecule is Cc1sc2cccc(-c3ccncc3)c2c1-c1ccccc1.Cc1sc2cccc(-c3ccncc3)c2c1-c1ccccc1.Cc1sc2cccc(-c3ccncc3)c2c1-c1ccccc1.[Ir]. The van der Waals surface area contributed by atoms with Crippen LogP contribution in [0.15, 0.2) is 219 Å². The quantitative estimate of drug-likeness (QED) is 0.167. The van der Waals surface area contributed by atoms with E-state index in [0.717, 1.165) is 0 Å². The van der Waals surface area contributed by atoms with E-state index in [2.05, 4.69) is 218 Å². The predicted molar refractivity (Wildman–Crippen MR) is 286 cm³/mol. The van der Waals surface area contributed by atoms with E-state index in [1.54, 1.807) is 0 Å². The van der Waals surface area contributed by atoms with E-state index in [4.69, 9.17) is 0 Å². The fraction of sp³-hybridized carbons (Fsp3) is 0.0500. The number of nitrogens with zero attached hydrogens (tertiary/aromatic N) is 3. The number of rotatable bonds is 6. The number of pyridine rings is 3. The summed E-state index contributed by atoms with van der Waals surface area (Å²) in [4.78, 5) is 16.5. The van der Waals surface area contributed by atoms with Crippen molar-refractivity contribution in [2.24, 2.45) is 0 Å². The zero-order valence-corrected chi connectivity index (χ0v) is 42.0. The van der Waals surface area contributed by atoms with Crippen LogP contribution in [-0.4, -0.2) is 15.0 Å². The van der Waals surface area contributed by atoms with Crippen molar-refractivity contribution in [3.05, 3.63) is 234 Å². The number of hydrogen-bond acceptors (Lipinski definition) is 6. The van der Waals surface area contributed by atoms with Crippen molar-refractivity contribution >= 4 is 64.3 Å². The van der Waals surface area contributed by atoms with Crippen molar-refractivity contribution in [3.8, 4) is 66.8 Å². The largest absolute Gasteiger partial charge is 0.265 e. The summed E-state index contributed by atoms with van der Waals surface area (Å²) in [6.45, 7) is 6.63. The minimum atomic E-state index is 0. The Bertz CT molecular complexity index is 3160. The van der Waals surface area contributed by atoms with Gasteiger partial charge in [0.1, 0.15) is 0 Å². The summed E-state index contributed by atoms with van der Waals surface area (Å²) in [6.07, 6.45) is 11.1. The van der Waals surface area contributed by atoms with Crippen LogP contribution in [0.3, 0.4) is 0 Å². The van der Waals surface area contributed by atoms with E-state index in [-0.39, 0.29) is 20.1 Å². The number of fused-ring (bicyclic) bond motifs is 3.